The minimum absolute atomic E-state index is 0.235. The molecule has 0 saturated carbocycles. The Balaban J connectivity index is 1.53. The Kier molecular flexibility index (Phi) is 4.01. The molecule has 2 aliphatic rings. The molecule has 27 heavy (non-hydrogen) atoms. The molecule has 6 nitrogen and oxygen atoms in total. The number of benzene rings is 1. The molecular formula is C21H25N5O. The van der Waals surface area contributed by atoms with Crippen molar-refractivity contribution in [2.24, 2.45) is 0 Å². The molecule has 3 aromatic rings. The second kappa shape index (κ2) is 6.53. The average molecular weight is 363 g/mol. The van der Waals surface area contributed by atoms with Crippen molar-refractivity contribution >= 4 is 11.5 Å². The summed E-state index contributed by atoms with van der Waals surface area (Å²) in [6.45, 7) is 2.90. The molecule has 3 heterocycles. The van der Waals surface area contributed by atoms with Crippen LogP contribution in [0.25, 0.3) is 5.65 Å². The lowest BCUT2D eigenvalue weighted by Crippen LogP contribution is -2.39. The number of methoxy groups -OCH3 is 1. The lowest BCUT2D eigenvalue weighted by atomic mass is 9.77. The van der Waals surface area contributed by atoms with E-state index < -0.39 is 0 Å². The fourth-order valence-corrected chi connectivity index (χ4v) is 4.68. The van der Waals surface area contributed by atoms with Gasteiger partial charge in [-0.05, 0) is 56.5 Å². The van der Waals surface area contributed by atoms with Gasteiger partial charge < -0.3 is 15.4 Å². The van der Waals surface area contributed by atoms with E-state index in [0.717, 1.165) is 43.3 Å². The van der Waals surface area contributed by atoms with Gasteiger partial charge in [-0.1, -0.05) is 12.1 Å². The summed E-state index contributed by atoms with van der Waals surface area (Å²) in [5.41, 5.74) is 5.00. The summed E-state index contributed by atoms with van der Waals surface area (Å²) in [6.07, 6.45) is 6.44. The van der Waals surface area contributed by atoms with Crippen molar-refractivity contribution < 1.29 is 4.74 Å². The van der Waals surface area contributed by atoms with Gasteiger partial charge in [0.2, 0.25) is 0 Å². The molecule has 1 saturated heterocycles. The molecule has 0 amide bonds. The lowest BCUT2D eigenvalue weighted by molar-refractivity contribution is 0.301. The van der Waals surface area contributed by atoms with Gasteiger partial charge in [0.15, 0.2) is 5.65 Å². The number of nitrogens with zero attached hydrogens (tertiary/aromatic N) is 3. The molecule has 6 heteroatoms. The standard InChI is InChI=1S/C21H25N5O/c1-27-16-4-2-3-15(13-16)14-23-20-17-5-7-21(8-11-22-12-9-21)19(17)25-18-6-10-24-26(18)20/h2-4,6,10,13,22-23H,5,7-9,11-12,14H2,1H3. The summed E-state index contributed by atoms with van der Waals surface area (Å²) in [7, 11) is 1.70. The second-order valence-corrected chi connectivity index (χ2v) is 7.62. The minimum atomic E-state index is 0.235. The number of fused-ring (bicyclic) bond motifs is 3. The third-order valence-electron chi connectivity index (χ3n) is 6.14. The van der Waals surface area contributed by atoms with Crippen LogP contribution in [0.3, 0.4) is 0 Å². The monoisotopic (exact) mass is 363 g/mol. The summed E-state index contributed by atoms with van der Waals surface area (Å²) in [6, 6.07) is 10.2. The Morgan fingerprint density at radius 3 is 2.96 bits per heavy atom. The highest BCUT2D eigenvalue weighted by Gasteiger charge is 2.42. The third kappa shape index (κ3) is 2.75. The highest BCUT2D eigenvalue weighted by molar-refractivity contribution is 5.59. The Morgan fingerprint density at radius 1 is 1.22 bits per heavy atom. The van der Waals surface area contributed by atoms with E-state index in [-0.39, 0.29) is 5.41 Å². The number of piperidine rings is 1. The van der Waals surface area contributed by atoms with Crippen molar-refractivity contribution in [2.45, 2.75) is 37.6 Å². The molecule has 5 rings (SSSR count). The first kappa shape index (κ1) is 16.6. The van der Waals surface area contributed by atoms with Crippen molar-refractivity contribution in [1.82, 2.24) is 19.9 Å². The number of ether oxygens (including phenoxy) is 1. The van der Waals surface area contributed by atoms with Crippen LogP contribution >= 0.6 is 0 Å². The topological polar surface area (TPSA) is 63.5 Å². The van der Waals surface area contributed by atoms with Crippen LogP contribution in [-0.2, 0) is 18.4 Å². The second-order valence-electron chi connectivity index (χ2n) is 7.62. The van der Waals surface area contributed by atoms with Gasteiger partial charge in [-0.2, -0.15) is 9.61 Å². The van der Waals surface area contributed by atoms with E-state index in [2.05, 4.69) is 27.9 Å². The first-order valence-corrected chi connectivity index (χ1v) is 9.74. The number of hydrogen-bond acceptors (Lipinski definition) is 5. The van der Waals surface area contributed by atoms with Crippen LogP contribution in [0, 0.1) is 0 Å². The van der Waals surface area contributed by atoms with Crippen LogP contribution in [0.4, 0.5) is 5.82 Å². The van der Waals surface area contributed by atoms with E-state index in [0.29, 0.717) is 0 Å². The molecule has 1 aliphatic carbocycles. The van der Waals surface area contributed by atoms with E-state index in [1.165, 1.54) is 36.1 Å². The number of anilines is 1. The zero-order valence-electron chi connectivity index (χ0n) is 15.7. The van der Waals surface area contributed by atoms with Crippen LogP contribution in [0.5, 0.6) is 5.75 Å². The first-order valence-electron chi connectivity index (χ1n) is 9.74. The molecule has 2 N–H and O–H groups in total. The average Bonchev–Trinajstić information content (AvgIpc) is 3.32. The molecule has 0 atom stereocenters. The number of rotatable bonds is 4. The summed E-state index contributed by atoms with van der Waals surface area (Å²) < 4.78 is 7.31. The molecule has 0 bridgehead atoms. The van der Waals surface area contributed by atoms with Crippen molar-refractivity contribution in [3.05, 3.63) is 53.3 Å². The van der Waals surface area contributed by atoms with E-state index in [4.69, 9.17) is 9.72 Å². The maximum absolute atomic E-state index is 5.35. The van der Waals surface area contributed by atoms with E-state index >= 15 is 0 Å². The lowest BCUT2D eigenvalue weighted by Gasteiger charge is -2.34. The van der Waals surface area contributed by atoms with Crippen molar-refractivity contribution in [3.8, 4) is 5.75 Å². The van der Waals surface area contributed by atoms with Crippen LogP contribution in [-0.4, -0.2) is 34.8 Å². The van der Waals surface area contributed by atoms with Crippen LogP contribution in [0.1, 0.15) is 36.1 Å². The Labute approximate surface area is 159 Å². The molecule has 1 aliphatic heterocycles. The number of nitrogens with one attached hydrogen (secondary N) is 2. The van der Waals surface area contributed by atoms with Gasteiger partial charge in [-0.25, -0.2) is 4.98 Å². The zero-order chi connectivity index (χ0) is 18.3. The normalized spacial score (nSPS) is 18.0. The SMILES string of the molecule is COc1cccc(CNc2c3c(nc4ccnn24)C2(CCNCC2)CC3)c1. The number of hydrogen-bond donors (Lipinski definition) is 2. The quantitative estimate of drug-likeness (QED) is 0.746. The first-order chi connectivity index (χ1) is 13.3. The van der Waals surface area contributed by atoms with Gasteiger partial charge in [0.25, 0.3) is 0 Å². The van der Waals surface area contributed by atoms with E-state index in [1.54, 1.807) is 7.11 Å². The fraction of sp³-hybridized carbons (Fsp3) is 0.429. The molecule has 1 aromatic carbocycles. The Hall–Kier alpha value is -2.60. The summed E-state index contributed by atoms with van der Waals surface area (Å²) >= 11 is 0. The smallest absolute Gasteiger partial charge is 0.157 e. The van der Waals surface area contributed by atoms with Gasteiger partial charge in [-0.3, -0.25) is 0 Å². The molecular weight excluding hydrogens is 338 g/mol. The van der Waals surface area contributed by atoms with Gasteiger partial charge in [0, 0.05) is 23.6 Å². The van der Waals surface area contributed by atoms with Crippen molar-refractivity contribution in [1.29, 1.82) is 0 Å². The van der Waals surface area contributed by atoms with Gasteiger partial charge >= 0.3 is 0 Å². The van der Waals surface area contributed by atoms with E-state index in [9.17, 15) is 0 Å². The molecule has 1 fully saturated rings. The largest absolute Gasteiger partial charge is 0.497 e. The predicted molar refractivity (Wildman–Crippen MR) is 105 cm³/mol. The summed E-state index contributed by atoms with van der Waals surface area (Å²) in [5.74, 6) is 1.98. The van der Waals surface area contributed by atoms with Crippen LogP contribution in [0.2, 0.25) is 0 Å². The minimum Gasteiger partial charge on any atom is -0.497 e. The number of aromatic nitrogens is 3. The van der Waals surface area contributed by atoms with Crippen LogP contribution < -0.4 is 15.4 Å². The molecule has 2 aromatic heterocycles. The van der Waals surface area contributed by atoms with Crippen molar-refractivity contribution in [3.63, 3.8) is 0 Å². The highest BCUT2D eigenvalue weighted by Crippen LogP contribution is 2.46. The summed E-state index contributed by atoms with van der Waals surface area (Å²) in [5, 5.41) is 11.7. The van der Waals surface area contributed by atoms with E-state index in [1.807, 2.05) is 28.9 Å². The zero-order valence-corrected chi connectivity index (χ0v) is 15.7. The fourth-order valence-electron chi connectivity index (χ4n) is 4.68. The maximum atomic E-state index is 5.35. The van der Waals surface area contributed by atoms with Crippen molar-refractivity contribution in [2.75, 3.05) is 25.5 Å². The highest BCUT2D eigenvalue weighted by atomic mass is 16.5. The van der Waals surface area contributed by atoms with Crippen LogP contribution in [0.15, 0.2) is 36.5 Å². The summed E-state index contributed by atoms with van der Waals surface area (Å²) in [4.78, 5) is 5.05. The van der Waals surface area contributed by atoms with Gasteiger partial charge in [0.1, 0.15) is 11.6 Å². The Morgan fingerprint density at radius 2 is 2.11 bits per heavy atom. The molecule has 1 spiro atoms. The maximum Gasteiger partial charge on any atom is 0.157 e. The predicted octanol–water partition coefficient (Wildman–Crippen LogP) is 2.92. The third-order valence-corrected chi connectivity index (χ3v) is 6.14. The van der Waals surface area contributed by atoms with Gasteiger partial charge in [0.05, 0.1) is 19.0 Å². The molecule has 0 radical (unpaired) electrons. The molecule has 140 valence electrons. The molecule has 0 unspecified atom stereocenters. The Bertz CT molecular complexity index is 974. The van der Waals surface area contributed by atoms with Gasteiger partial charge in [-0.15, -0.1) is 0 Å².